The minimum absolute atomic E-state index is 0.239. The first-order valence-electron chi connectivity index (χ1n) is 10.6. The van der Waals surface area contributed by atoms with E-state index < -0.39 is 5.97 Å². The maximum Gasteiger partial charge on any atom is 0.340 e. The van der Waals surface area contributed by atoms with Gasteiger partial charge < -0.3 is 13.9 Å². The van der Waals surface area contributed by atoms with E-state index in [1.54, 1.807) is 17.5 Å². The second-order valence-electron chi connectivity index (χ2n) is 7.64. The Balaban J connectivity index is 1.95. The number of esters is 1. The van der Waals surface area contributed by atoms with E-state index in [0.29, 0.717) is 40.3 Å². The summed E-state index contributed by atoms with van der Waals surface area (Å²) < 4.78 is 13.3. The molecule has 162 valence electrons. The molecule has 0 saturated heterocycles. The highest BCUT2D eigenvalue weighted by Gasteiger charge is 2.27. The van der Waals surface area contributed by atoms with Crippen molar-refractivity contribution in [3.63, 3.8) is 0 Å². The number of aromatic nitrogens is 1. The van der Waals surface area contributed by atoms with Crippen LogP contribution in [0.1, 0.15) is 44.5 Å². The fraction of sp³-hybridized carbons (Fsp3) is 0.185. The maximum atomic E-state index is 13.0. The van der Waals surface area contributed by atoms with Crippen molar-refractivity contribution in [1.82, 2.24) is 4.40 Å². The molecule has 4 rings (SSSR count). The molecule has 0 unspecified atom stereocenters. The summed E-state index contributed by atoms with van der Waals surface area (Å²) in [6, 6.07) is 19.3. The second-order valence-corrected chi connectivity index (χ2v) is 7.64. The molecule has 0 bridgehead atoms. The van der Waals surface area contributed by atoms with Crippen LogP contribution in [0.5, 0.6) is 5.75 Å². The van der Waals surface area contributed by atoms with Gasteiger partial charge in [0.05, 0.1) is 23.4 Å². The number of hydrogen-bond acceptors (Lipinski definition) is 4. The molecule has 4 aromatic rings. The zero-order valence-electron chi connectivity index (χ0n) is 18.4. The van der Waals surface area contributed by atoms with Crippen molar-refractivity contribution in [2.75, 3.05) is 6.61 Å². The first-order valence-corrected chi connectivity index (χ1v) is 10.6. The molecule has 0 amide bonds. The lowest BCUT2D eigenvalue weighted by Crippen LogP contribution is -2.07. The molecule has 0 spiro atoms. The summed E-state index contributed by atoms with van der Waals surface area (Å²) in [5.41, 5.74) is 5.71. The van der Waals surface area contributed by atoms with E-state index in [9.17, 15) is 9.59 Å². The number of pyridine rings is 1. The van der Waals surface area contributed by atoms with E-state index in [1.807, 2.05) is 74.5 Å². The van der Waals surface area contributed by atoms with Gasteiger partial charge in [-0.15, -0.1) is 0 Å². The predicted molar refractivity (Wildman–Crippen MR) is 124 cm³/mol. The van der Waals surface area contributed by atoms with Crippen LogP contribution in [0, 0.1) is 13.8 Å². The number of nitrogens with zero attached hydrogens (tertiary/aromatic N) is 1. The molecule has 0 N–H and O–H groups in total. The Kier molecular flexibility index (Phi) is 6.08. The molecule has 0 aliphatic carbocycles. The van der Waals surface area contributed by atoms with Crippen LogP contribution in [0.15, 0.2) is 66.9 Å². The van der Waals surface area contributed by atoms with Gasteiger partial charge in [0, 0.05) is 17.3 Å². The van der Waals surface area contributed by atoms with Gasteiger partial charge in [0.15, 0.2) is 6.29 Å². The number of aryl methyl sites for hydroxylation is 2. The predicted octanol–water partition coefficient (Wildman–Crippen LogP) is 5.79. The normalized spacial score (nSPS) is 10.8. The third-order valence-electron chi connectivity index (χ3n) is 5.58. The summed E-state index contributed by atoms with van der Waals surface area (Å²) >= 11 is 0. The van der Waals surface area contributed by atoms with Crippen molar-refractivity contribution in [1.29, 1.82) is 0 Å². The fourth-order valence-electron chi connectivity index (χ4n) is 3.87. The Morgan fingerprint density at radius 1 is 1.00 bits per heavy atom. The molecule has 0 radical (unpaired) electrons. The second kappa shape index (κ2) is 9.10. The van der Waals surface area contributed by atoms with Crippen molar-refractivity contribution in [3.05, 3.63) is 94.8 Å². The first-order chi connectivity index (χ1) is 15.5. The van der Waals surface area contributed by atoms with Crippen LogP contribution in [-0.4, -0.2) is 23.3 Å². The van der Waals surface area contributed by atoms with Gasteiger partial charge in [-0.1, -0.05) is 36.4 Å². The maximum absolute atomic E-state index is 13.0. The van der Waals surface area contributed by atoms with Gasteiger partial charge in [0.25, 0.3) is 0 Å². The van der Waals surface area contributed by atoms with Crippen LogP contribution >= 0.6 is 0 Å². The lowest BCUT2D eigenvalue weighted by Gasteiger charge is -2.16. The summed E-state index contributed by atoms with van der Waals surface area (Å²) in [6.07, 6.45) is 2.55. The van der Waals surface area contributed by atoms with Crippen LogP contribution < -0.4 is 4.74 Å². The van der Waals surface area contributed by atoms with Gasteiger partial charge >= 0.3 is 5.97 Å². The topological polar surface area (TPSA) is 57.0 Å². The summed E-state index contributed by atoms with van der Waals surface area (Å²) in [7, 11) is 0. The molecule has 0 aliphatic rings. The average Bonchev–Trinajstić information content (AvgIpc) is 3.14. The Labute approximate surface area is 187 Å². The summed E-state index contributed by atoms with van der Waals surface area (Å²) in [5, 5.41) is 0. The van der Waals surface area contributed by atoms with Gasteiger partial charge in [-0.3, -0.25) is 4.79 Å². The molecule has 5 nitrogen and oxygen atoms in total. The van der Waals surface area contributed by atoms with Crippen molar-refractivity contribution >= 4 is 17.8 Å². The summed E-state index contributed by atoms with van der Waals surface area (Å²) in [4.78, 5) is 25.3. The Bertz CT molecular complexity index is 1290. The first kappa shape index (κ1) is 21.4. The molecule has 0 atom stereocenters. The molecule has 0 saturated carbocycles. The van der Waals surface area contributed by atoms with Crippen molar-refractivity contribution in [2.24, 2.45) is 0 Å². The van der Waals surface area contributed by atoms with Crippen LogP contribution in [-0.2, 0) is 11.3 Å². The smallest absolute Gasteiger partial charge is 0.340 e. The fourth-order valence-corrected chi connectivity index (χ4v) is 3.87. The minimum Gasteiger partial charge on any atom is -0.488 e. The molecule has 2 heterocycles. The number of rotatable bonds is 7. The standard InChI is InChI=1S/C27H25NO4/c1-4-31-27(30)26-22-12-8-9-13-28(22)23(16-29)25(26)21-14-18(2)19(3)15-24(21)32-17-20-10-6-5-7-11-20/h5-16H,4,17H2,1-3H3. The largest absolute Gasteiger partial charge is 0.488 e. The van der Waals surface area contributed by atoms with E-state index >= 15 is 0 Å². The van der Waals surface area contributed by atoms with Crippen LogP contribution in [0.25, 0.3) is 16.6 Å². The van der Waals surface area contributed by atoms with Gasteiger partial charge in [-0.05, 0) is 61.7 Å². The van der Waals surface area contributed by atoms with Crippen molar-refractivity contribution in [3.8, 4) is 16.9 Å². The van der Waals surface area contributed by atoms with Gasteiger partial charge in [-0.25, -0.2) is 4.79 Å². The Morgan fingerprint density at radius 3 is 2.44 bits per heavy atom. The van der Waals surface area contributed by atoms with E-state index in [0.717, 1.165) is 23.0 Å². The average molecular weight is 428 g/mol. The van der Waals surface area contributed by atoms with Gasteiger partial charge in [-0.2, -0.15) is 0 Å². The highest BCUT2D eigenvalue weighted by molar-refractivity contribution is 6.10. The molecule has 0 aliphatic heterocycles. The quantitative estimate of drug-likeness (QED) is 0.277. The number of ether oxygens (including phenoxy) is 2. The van der Waals surface area contributed by atoms with E-state index in [2.05, 4.69) is 0 Å². The number of fused-ring (bicyclic) bond motifs is 1. The van der Waals surface area contributed by atoms with Crippen LogP contribution in [0.3, 0.4) is 0 Å². The van der Waals surface area contributed by atoms with E-state index in [1.165, 1.54) is 0 Å². The third kappa shape index (κ3) is 3.89. The Hall–Kier alpha value is -3.86. The molecule has 0 fully saturated rings. The molecular formula is C27H25NO4. The molecule has 2 aromatic carbocycles. The van der Waals surface area contributed by atoms with Gasteiger partial charge in [0.2, 0.25) is 0 Å². The molecule has 32 heavy (non-hydrogen) atoms. The monoisotopic (exact) mass is 427 g/mol. The van der Waals surface area contributed by atoms with E-state index in [-0.39, 0.29) is 6.61 Å². The lowest BCUT2D eigenvalue weighted by atomic mass is 9.96. The highest BCUT2D eigenvalue weighted by Crippen LogP contribution is 2.40. The van der Waals surface area contributed by atoms with Crippen LogP contribution in [0.2, 0.25) is 0 Å². The molecule has 5 heteroatoms. The lowest BCUT2D eigenvalue weighted by molar-refractivity contribution is 0.0529. The number of carbonyl (C=O) groups is 2. The van der Waals surface area contributed by atoms with Crippen molar-refractivity contribution < 1.29 is 19.1 Å². The van der Waals surface area contributed by atoms with Crippen LogP contribution in [0.4, 0.5) is 0 Å². The summed E-state index contributed by atoms with van der Waals surface area (Å²) in [5.74, 6) is 0.146. The van der Waals surface area contributed by atoms with Gasteiger partial charge in [0.1, 0.15) is 12.4 Å². The molecular weight excluding hydrogens is 402 g/mol. The zero-order chi connectivity index (χ0) is 22.7. The number of carbonyl (C=O) groups excluding carboxylic acids is 2. The number of hydrogen-bond donors (Lipinski definition) is 0. The SMILES string of the molecule is CCOC(=O)c1c(-c2cc(C)c(C)cc2OCc2ccccc2)c(C=O)n2ccccc12. The third-order valence-corrected chi connectivity index (χ3v) is 5.58. The Morgan fingerprint density at radius 2 is 1.72 bits per heavy atom. The zero-order valence-corrected chi connectivity index (χ0v) is 18.4. The highest BCUT2D eigenvalue weighted by atomic mass is 16.5. The minimum atomic E-state index is -0.466. The number of aldehydes is 1. The van der Waals surface area contributed by atoms with E-state index in [4.69, 9.17) is 9.47 Å². The van der Waals surface area contributed by atoms with Crippen molar-refractivity contribution in [2.45, 2.75) is 27.4 Å². The summed E-state index contributed by atoms with van der Waals surface area (Å²) in [6.45, 7) is 6.39. The molecule has 2 aromatic heterocycles. The number of benzene rings is 2.